The van der Waals surface area contributed by atoms with Crippen molar-refractivity contribution >= 4 is 80.7 Å². The molecule has 102 heavy (non-hydrogen) atoms. The Morgan fingerprint density at radius 3 is 1.25 bits per heavy atom. The van der Waals surface area contributed by atoms with Gasteiger partial charge in [0, 0.05) is 39.0 Å². The number of hydrogen-bond donors (Lipinski definition) is 10. The number of aliphatic carboxylic acids is 2. The number of aromatic nitrogens is 6. The maximum absolute atomic E-state index is 15.3. The van der Waals surface area contributed by atoms with Crippen LogP contribution in [0.4, 0.5) is 0 Å². The monoisotopic (exact) mass is 1410 g/mol. The van der Waals surface area contributed by atoms with Crippen LogP contribution in [0.2, 0.25) is 0 Å². The number of carboxylic acid groups (broad SMARTS) is 2. The number of carboxylic acids is 2. The quantitative estimate of drug-likeness (QED) is 0.0748. The molecular weight excluding hydrogens is 1310 g/mol. The van der Waals surface area contributed by atoms with Gasteiger partial charge in [-0.1, -0.05) is 137 Å². The molecule has 0 saturated carbocycles. The van der Waals surface area contributed by atoms with Crippen LogP contribution in [0.3, 0.4) is 0 Å². The molecule has 10 N–H and O–H groups in total. The molecule has 4 bridgehead atoms. The Labute approximate surface area is 591 Å². The van der Waals surface area contributed by atoms with Gasteiger partial charge in [-0.25, -0.2) is 9.59 Å². The van der Waals surface area contributed by atoms with Gasteiger partial charge in [-0.3, -0.25) is 47.7 Å². The van der Waals surface area contributed by atoms with Crippen molar-refractivity contribution in [3.8, 4) is 0 Å². The molecule has 3 aliphatic heterocycles. The van der Waals surface area contributed by atoms with Crippen molar-refractivity contribution in [3.63, 3.8) is 0 Å². The fourth-order valence-corrected chi connectivity index (χ4v) is 12.9. The number of carbonyl (C=O) groups excluding carboxylic acids is 8. The van der Waals surface area contributed by atoms with Crippen LogP contribution >= 0.6 is 0 Å². The van der Waals surface area contributed by atoms with E-state index in [2.05, 4.69) is 63.2 Å². The van der Waals surface area contributed by atoms with E-state index in [0.717, 1.165) is 21.5 Å². The van der Waals surface area contributed by atoms with Gasteiger partial charge in [0.15, 0.2) is 0 Å². The van der Waals surface area contributed by atoms with Crippen LogP contribution in [-0.2, 0) is 96.6 Å². The van der Waals surface area contributed by atoms with E-state index in [1.54, 1.807) is 94.0 Å². The number of rotatable bonds is 14. The summed E-state index contributed by atoms with van der Waals surface area (Å²) in [5.41, 5.74) is 0.0550. The van der Waals surface area contributed by atoms with Crippen LogP contribution in [0.15, 0.2) is 97.3 Å². The van der Waals surface area contributed by atoms with Crippen molar-refractivity contribution in [2.45, 2.75) is 206 Å². The number of amides is 8. The van der Waals surface area contributed by atoms with Gasteiger partial charge in [-0.15, -0.1) is 10.2 Å². The van der Waals surface area contributed by atoms with Gasteiger partial charge in [0.25, 0.3) is 0 Å². The molecule has 2 aromatic heterocycles. The van der Waals surface area contributed by atoms with E-state index in [1.165, 1.54) is 19.2 Å². The van der Waals surface area contributed by atoms with Crippen molar-refractivity contribution in [1.82, 2.24) is 82.3 Å². The second-order valence-electron chi connectivity index (χ2n) is 28.8. The number of benzene rings is 4. The van der Waals surface area contributed by atoms with E-state index in [1.807, 2.05) is 72.8 Å². The summed E-state index contributed by atoms with van der Waals surface area (Å²) >= 11 is 0. The lowest BCUT2D eigenvalue weighted by atomic mass is 9.85. The Balaban J connectivity index is 1.04. The van der Waals surface area contributed by atoms with Crippen LogP contribution in [0.1, 0.15) is 116 Å². The van der Waals surface area contributed by atoms with E-state index in [9.17, 15) is 39.0 Å². The molecule has 0 spiro atoms. The van der Waals surface area contributed by atoms with E-state index in [-0.39, 0.29) is 102 Å². The minimum absolute atomic E-state index is 0.0170. The number of fused-ring (bicyclic) bond motifs is 8. The first-order valence-electron chi connectivity index (χ1n) is 34.7. The first-order chi connectivity index (χ1) is 48.5. The zero-order valence-electron chi connectivity index (χ0n) is 59.4. The topological polar surface area (TPSA) is 394 Å². The maximum Gasteiger partial charge on any atom is 0.326 e. The van der Waals surface area contributed by atoms with E-state index in [4.69, 9.17) is 9.47 Å². The first-order valence-corrected chi connectivity index (χ1v) is 34.7. The molecule has 6 aromatic rings. The van der Waals surface area contributed by atoms with Crippen LogP contribution in [0, 0.1) is 10.8 Å². The smallest absolute Gasteiger partial charge is 0.326 e. The lowest BCUT2D eigenvalue weighted by molar-refractivity contribution is -0.147. The predicted octanol–water partition coefficient (Wildman–Crippen LogP) is 2.29. The number of aryl methyl sites for hydroxylation is 2. The average molecular weight is 1410 g/mol. The van der Waals surface area contributed by atoms with Gasteiger partial charge >= 0.3 is 11.9 Å². The lowest BCUT2D eigenvalue weighted by Gasteiger charge is -2.37. The predicted molar refractivity (Wildman–Crippen MR) is 374 cm³/mol. The van der Waals surface area contributed by atoms with Crippen molar-refractivity contribution in [3.05, 3.63) is 120 Å². The summed E-state index contributed by atoms with van der Waals surface area (Å²) in [6.45, 7) is 13.6. The van der Waals surface area contributed by atoms with Gasteiger partial charge in [0.1, 0.15) is 59.7 Å². The Hall–Kier alpha value is -9.78. The number of nitrogens with zero attached hydrogens (tertiary/aromatic N) is 8. The van der Waals surface area contributed by atoms with Gasteiger partial charge in [0.2, 0.25) is 47.3 Å². The maximum atomic E-state index is 15.3. The molecule has 12 atom stereocenters. The summed E-state index contributed by atoms with van der Waals surface area (Å²) in [6.07, 6.45) is 1.07. The fourth-order valence-electron chi connectivity index (χ4n) is 12.9. The van der Waals surface area contributed by atoms with Crippen LogP contribution < -0.4 is 42.5 Å². The van der Waals surface area contributed by atoms with Crippen LogP contribution in [0.25, 0.3) is 21.5 Å². The molecule has 8 amide bonds. The lowest BCUT2D eigenvalue weighted by Crippen LogP contribution is -2.62. The summed E-state index contributed by atoms with van der Waals surface area (Å²) in [5, 5.41) is 64.6. The minimum atomic E-state index is -1.48. The SMILES string of the molecule is CN[C@@H](C)C(=O)N[C@H](C(=O)N1CC[C@H]2OCc3cn(nn3)CCC[C@H](C(=O)O)NC(=O)[C@H](Cc3ccc4ccccc4c3)NC(=O)[C@@H]3[C@@H](CCN3C(=O)[C@@H](NC(=O)[C@H](C)NC)C(C)(C)C)OCc3cn(nn3)CCC[C@H](C(=O)O)NC(=O)[C@H](Cc3ccc4ccccc4c3)NC(=O)[C@H]21)C(C)(C)C. The third kappa shape index (κ3) is 19.4. The minimum Gasteiger partial charge on any atom is -0.480 e. The Bertz CT molecular complexity index is 3760. The molecule has 0 radical (unpaired) electrons. The summed E-state index contributed by atoms with van der Waals surface area (Å²) in [5.74, 6) is -8.09. The third-order valence-electron chi connectivity index (χ3n) is 19.1. The highest BCUT2D eigenvalue weighted by molar-refractivity contribution is 5.98. The summed E-state index contributed by atoms with van der Waals surface area (Å²) in [4.78, 5) is 146. The number of carbonyl (C=O) groups is 10. The molecule has 5 heterocycles. The fraction of sp³-hybridized carbons (Fsp3) is 0.528. The number of likely N-dealkylation sites (tertiary alicyclic amines) is 2. The Morgan fingerprint density at radius 1 is 0.520 bits per heavy atom. The summed E-state index contributed by atoms with van der Waals surface area (Å²) < 4.78 is 15.9. The molecule has 4 aromatic carbocycles. The van der Waals surface area contributed by atoms with E-state index < -0.39 is 143 Å². The van der Waals surface area contributed by atoms with Gasteiger partial charge in [0.05, 0.1) is 49.9 Å². The Morgan fingerprint density at radius 2 is 0.892 bits per heavy atom. The Kier molecular flexibility index (Phi) is 25.3. The van der Waals surface area contributed by atoms with Gasteiger partial charge in [-0.2, -0.15) is 0 Å². The van der Waals surface area contributed by atoms with Gasteiger partial charge in [-0.05, 0) is 110 Å². The van der Waals surface area contributed by atoms with Crippen LogP contribution in [-0.4, -0.2) is 209 Å². The number of ether oxygens (including phenoxy) is 2. The number of nitrogens with one attached hydrogen (secondary N) is 8. The highest BCUT2D eigenvalue weighted by atomic mass is 16.5. The zero-order chi connectivity index (χ0) is 73.7. The molecular formula is C72H96N16O14. The molecule has 2 saturated heterocycles. The molecule has 0 unspecified atom stereocenters. The molecule has 548 valence electrons. The standard InChI is InChI=1S/C72H96N16O14/c1-41(73-9)61(89)79-59(71(3,4)5)67(95)87-31-27-55-57(87)65(93)77-53(35-43-23-25-45-17-11-13-19-47(45)33-43)63(91)75-51(69(97)98)21-15-30-86-38-50(82-84-86)40-102-56-28-32-88(68(96)60(72(6,7)8)80-62(90)42(2)74-10)58(56)66(94)78-54(36-44-24-26-46-18-12-14-20-48(46)34-44)64(92)76-52(70(99)100)22-16-29-85-37-49(39-101-55)81-83-85/h11-14,17-20,23-26,33-34,37-38,41-42,51-60,73-74H,15-16,21-22,27-32,35-36,39-40H2,1-10H3,(H,75,91)(H,76,92)(H,77,93)(H,78,94)(H,79,89)(H,80,90)(H,97,98)(H,99,100)/t41-,42-,51+,52+,53-,54-,55+,56+,57-,58-,59+,60+/m0/s1. The largest absolute Gasteiger partial charge is 0.480 e. The van der Waals surface area contributed by atoms with E-state index >= 15 is 19.2 Å². The highest BCUT2D eigenvalue weighted by Crippen LogP contribution is 2.31. The summed E-state index contributed by atoms with van der Waals surface area (Å²) in [7, 11) is 3.21. The molecule has 0 aliphatic carbocycles. The first kappa shape index (κ1) is 76.4. The van der Waals surface area contributed by atoms with E-state index in [0.29, 0.717) is 11.1 Å². The molecule has 30 heteroatoms. The summed E-state index contributed by atoms with van der Waals surface area (Å²) in [6, 6.07) is 13.9. The van der Waals surface area contributed by atoms with Crippen molar-refractivity contribution in [2.24, 2.45) is 10.8 Å². The molecule has 3 aliphatic rings. The van der Waals surface area contributed by atoms with Crippen molar-refractivity contribution in [1.29, 1.82) is 0 Å². The zero-order valence-corrected chi connectivity index (χ0v) is 59.4. The highest BCUT2D eigenvalue weighted by Gasteiger charge is 2.50. The average Bonchev–Trinajstić information content (AvgIpc) is 1.61. The second-order valence-corrected chi connectivity index (χ2v) is 28.8. The molecule has 2 fully saturated rings. The second kappa shape index (κ2) is 33.8. The number of likely N-dealkylation sites (N-methyl/N-ethyl adjacent to an activating group) is 2. The van der Waals surface area contributed by atoms with Crippen molar-refractivity contribution < 1.29 is 67.6 Å². The van der Waals surface area contributed by atoms with Gasteiger partial charge < -0.3 is 72.0 Å². The van der Waals surface area contributed by atoms with Crippen molar-refractivity contribution in [2.75, 3.05) is 27.2 Å². The molecule has 30 nitrogen and oxygen atoms in total. The number of hydrogen-bond acceptors (Lipinski definition) is 18. The molecule has 9 rings (SSSR count). The third-order valence-corrected chi connectivity index (χ3v) is 19.1. The van der Waals surface area contributed by atoms with Crippen LogP contribution in [0.5, 0.6) is 0 Å². The normalized spacial score (nSPS) is 23.1.